The second kappa shape index (κ2) is 6.02. The van der Waals surface area contributed by atoms with Crippen LogP contribution in [-0.2, 0) is 9.84 Å². The number of pyridine rings is 1. The maximum absolute atomic E-state index is 11.5. The highest BCUT2D eigenvalue weighted by Gasteiger charge is 2.14. The molecule has 0 aliphatic carbocycles. The zero-order valence-electron chi connectivity index (χ0n) is 9.57. The summed E-state index contributed by atoms with van der Waals surface area (Å²) < 4.78 is 23.7. The van der Waals surface area contributed by atoms with Crippen molar-refractivity contribution in [3.05, 3.63) is 21.9 Å². The molecule has 0 fully saturated rings. The SMILES string of the molecule is CCS(=O)(=O)CC(C)Nc1cc(Br)cnc1Cl. The Bertz CT molecular complexity index is 493. The molecule has 1 N–H and O–H groups in total. The van der Waals surface area contributed by atoms with Gasteiger partial charge in [-0.05, 0) is 28.9 Å². The second-order valence-corrected chi connectivity index (χ2v) is 7.41. The highest BCUT2D eigenvalue weighted by Crippen LogP contribution is 2.23. The average molecular weight is 342 g/mol. The fourth-order valence-corrected chi connectivity index (χ4v) is 2.90. The van der Waals surface area contributed by atoms with E-state index in [2.05, 4.69) is 26.2 Å². The third-order valence-corrected chi connectivity index (χ3v) is 4.77. The van der Waals surface area contributed by atoms with Crippen LogP contribution in [0.25, 0.3) is 0 Å². The Hall–Kier alpha value is -0.330. The molecule has 4 nitrogen and oxygen atoms in total. The molecule has 0 spiro atoms. The predicted octanol–water partition coefficient (Wildman–Crippen LogP) is 2.73. The molecule has 0 amide bonds. The summed E-state index contributed by atoms with van der Waals surface area (Å²) in [4.78, 5) is 3.95. The van der Waals surface area contributed by atoms with Gasteiger partial charge in [-0.2, -0.15) is 0 Å². The van der Waals surface area contributed by atoms with Crippen LogP contribution in [0.4, 0.5) is 5.69 Å². The lowest BCUT2D eigenvalue weighted by Gasteiger charge is -2.15. The van der Waals surface area contributed by atoms with E-state index in [1.165, 1.54) is 0 Å². The molecule has 1 aromatic heterocycles. The fourth-order valence-electron chi connectivity index (χ4n) is 1.33. The fraction of sp³-hybridized carbons (Fsp3) is 0.500. The van der Waals surface area contributed by atoms with Crippen molar-refractivity contribution >= 4 is 43.1 Å². The minimum absolute atomic E-state index is 0.0757. The van der Waals surface area contributed by atoms with E-state index in [0.717, 1.165) is 4.47 Å². The van der Waals surface area contributed by atoms with Crippen molar-refractivity contribution in [1.82, 2.24) is 4.98 Å². The molecule has 0 aromatic carbocycles. The zero-order chi connectivity index (χ0) is 13.1. The van der Waals surface area contributed by atoms with Crippen LogP contribution < -0.4 is 5.32 Å². The van der Waals surface area contributed by atoms with E-state index in [0.29, 0.717) is 10.8 Å². The number of aromatic nitrogens is 1. The van der Waals surface area contributed by atoms with Crippen molar-refractivity contribution in [2.75, 3.05) is 16.8 Å². The lowest BCUT2D eigenvalue weighted by Crippen LogP contribution is -2.26. The molecule has 96 valence electrons. The molecule has 0 aliphatic rings. The Balaban J connectivity index is 2.74. The predicted molar refractivity (Wildman–Crippen MR) is 74.4 cm³/mol. The van der Waals surface area contributed by atoms with Crippen LogP contribution in [0, 0.1) is 0 Å². The van der Waals surface area contributed by atoms with Crippen LogP contribution in [0.15, 0.2) is 16.7 Å². The molecule has 1 unspecified atom stereocenters. The monoisotopic (exact) mass is 340 g/mol. The molecule has 0 saturated carbocycles. The molecule has 1 rings (SSSR count). The summed E-state index contributed by atoms with van der Waals surface area (Å²) in [5.74, 6) is 0.218. The molecule has 1 atom stereocenters. The summed E-state index contributed by atoms with van der Waals surface area (Å²) in [5.41, 5.74) is 0.625. The number of anilines is 1. The number of hydrogen-bond acceptors (Lipinski definition) is 4. The molecule has 0 radical (unpaired) electrons. The van der Waals surface area contributed by atoms with Crippen LogP contribution >= 0.6 is 27.5 Å². The third kappa shape index (κ3) is 4.81. The van der Waals surface area contributed by atoms with E-state index in [4.69, 9.17) is 11.6 Å². The summed E-state index contributed by atoms with van der Waals surface area (Å²) >= 11 is 9.18. The summed E-state index contributed by atoms with van der Waals surface area (Å²) in [6.07, 6.45) is 1.58. The van der Waals surface area contributed by atoms with Gasteiger partial charge in [0.2, 0.25) is 0 Å². The van der Waals surface area contributed by atoms with Crippen LogP contribution in [-0.4, -0.2) is 30.9 Å². The van der Waals surface area contributed by atoms with Crippen LogP contribution in [0.3, 0.4) is 0 Å². The Morgan fingerprint density at radius 3 is 2.82 bits per heavy atom. The topological polar surface area (TPSA) is 59.1 Å². The third-order valence-electron chi connectivity index (χ3n) is 2.15. The van der Waals surface area contributed by atoms with Gasteiger partial charge in [0, 0.05) is 22.5 Å². The van der Waals surface area contributed by atoms with E-state index < -0.39 is 9.84 Å². The van der Waals surface area contributed by atoms with Gasteiger partial charge in [0.15, 0.2) is 15.0 Å². The summed E-state index contributed by atoms with van der Waals surface area (Å²) in [7, 11) is -3.00. The maximum atomic E-state index is 11.5. The molecule has 7 heteroatoms. The number of sulfone groups is 1. The Kier molecular flexibility index (Phi) is 5.22. The smallest absolute Gasteiger partial charge is 0.152 e. The van der Waals surface area contributed by atoms with E-state index in [9.17, 15) is 8.42 Å². The first kappa shape index (κ1) is 14.7. The molecule has 1 heterocycles. The molecule has 1 aromatic rings. The highest BCUT2D eigenvalue weighted by atomic mass is 79.9. The molecular formula is C10H14BrClN2O2S. The first-order valence-electron chi connectivity index (χ1n) is 5.12. The number of rotatable bonds is 5. The molecule has 17 heavy (non-hydrogen) atoms. The largest absolute Gasteiger partial charge is 0.379 e. The lowest BCUT2D eigenvalue weighted by molar-refractivity contribution is 0.593. The Morgan fingerprint density at radius 1 is 1.59 bits per heavy atom. The van der Waals surface area contributed by atoms with Crippen molar-refractivity contribution < 1.29 is 8.42 Å². The number of nitrogens with zero attached hydrogens (tertiary/aromatic N) is 1. The Labute approximate surface area is 115 Å². The zero-order valence-corrected chi connectivity index (χ0v) is 12.7. The van der Waals surface area contributed by atoms with Gasteiger partial charge in [0.1, 0.15) is 0 Å². The van der Waals surface area contributed by atoms with E-state index >= 15 is 0 Å². The standard InChI is InChI=1S/C10H14BrClN2O2S/c1-3-17(15,16)6-7(2)14-9-4-8(11)5-13-10(9)12/h4-5,7,14H,3,6H2,1-2H3. The first-order valence-corrected chi connectivity index (χ1v) is 8.11. The summed E-state index contributed by atoms with van der Waals surface area (Å²) in [6, 6.07) is 1.55. The minimum Gasteiger partial charge on any atom is -0.379 e. The van der Waals surface area contributed by atoms with Crippen molar-refractivity contribution in [3.63, 3.8) is 0 Å². The van der Waals surface area contributed by atoms with Crippen molar-refractivity contribution in [3.8, 4) is 0 Å². The van der Waals surface area contributed by atoms with Crippen molar-refractivity contribution in [1.29, 1.82) is 0 Å². The van der Waals surface area contributed by atoms with Gasteiger partial charge in [0.25, 0.3) is 0 Å². The van der Waals surface area contributed by atoms with E-state index in [-0.39, 0.29) is 17.5 Å². The summed E-state index contributed by atoms with van der Waals surface area (Å²) in [6.45, 7) is 3.43. The van der Waals surface area contributed by atoms with Crippen molar-refractivity contribution in [2.45, 2.75) is 19.9 Å². The van der Waals surface area contributed by atoms with Gasteiger partial charge in [-0.15, -0.1) is 0 Å². The molecule has 0 bridgehead atoms. The lowest BCUT2D eigenvalue weighted by atomic mass is 10.3. The minimum atomic E-state index is -3.00. The molecular weight excluding hydrogens is 328 g/mol. The normalized spacial score (nSPS) is 13.4. The van der Waals surface area contributed by atoms with Gasteiger partial charge in [0.05, 0.1) is 11.4 Å². The van der Waals surface area contributed by atoms with Crippen LogP contribution in [0.2, 0.25) is 5.15 Å². The average Bonchev–Trinajstić information content (AvgIpc) is 2.23. The van der Waals surface area contributed by atoms with Gasteiger partial charge in [-0.3, -0.25) is 0 Å². The van der Waals surface area contributed by atoms with Gasteiger partial charge in [-0.25, -0.2) is 13.4 Å². The van der Waals surface area contributed by atoms with Gasteiger partial charge < -0.3 is 5.32 Å². The molecule has 0 saturated heterocycles. The number of hydrogen-bond donors (Lipinski definition) is 1. The summed E-state index contributed by atoms with van der Waals surface area (Å²) in [5, 5.41) is 3.37. The Morgan fingerprint density at radius 2 is 2.24 bits per heavy atom. The van der Waals surface area contributed by atoms with Gasteiger partial charge in [-0.1, -0.05) is 18.5 Å². The quantitative estimate of drug-likeness (QED) is 0.837. The van der Waals surface area contributed by atoms with Crippen LogP contribution in [0.1, 0.15) is 13.8 Å². The van der Waals surface area contributed by atoms with Crippen LogP contribution in [0.5, 0.6) is 0 Å². The first-order chi connectivity index (χ1) is 7.84. The second-order valence-electron chi connectivity index (χ2n) is 3.74. The molecule has 0 aliphatic heterocycles. The maximum Gasteiger partial charge on any atom is 0.152 e. The van der Waals surface area contributed by atoms with E-state index in [1.54, 1.807) is 26.1 Å². The van der Waals surface area contributed by atoms with Gasteiger partial charge >= 0.3 is 0 Å². The number of nitrogens with one attached hydrogen (secondary N) is 1. The highest BCUT2D eigenvalue weighted by molar-refractivity contribution is 9.10. The van der Waals surface area contributed by atoms with E-state index in [1.807, 2.05) is 0 Å². The number of halogens is 2. The van der Waals surface area contributed by atoms with Crippen molar-refractivity contribution in [2.24, 2.45) is 0 Å².